The summed E-state index contributed by atoms with van der Waals surface area (Å²) in [5.74, 6) is -0.226. The summed E-state index contributed by atoms with van der Waals surface area (Å²) in [5.41, 5.74) is 0. The van der Waals surface area contributed by atoms with E-state index < -0.39 is 6.10 Å². The van der Waals surface area contributed by atoms with Crippen molar-refractivity contribution in [2.45, 2.75) is 45.6 Å². The zero-order valence-electron chi connectivity index (χ0n) is 9.03. The Balaban J connectivity index is 3.31. The predicted octanol–water partition coefficient (Wildman–Crippen LogP) is 2.05. The summed E-state index contributed by atoms with van der Waals surface area (Å²) in [4.78, 5) is 11.0. The lowest BCUT2D eigenvalue weighted by molar-refractivity contribution is -0.144. The van der Waals surface area contributed by atoms with Crippen LogP contribution in [0.15, 0.2) is 12.2 Å². The monoisotopic (exact) mass is 200 g/mol. The molecule has 0 aromatic heterocycles. The maximum absolute atomic E-state index is 11.0. The van der Waals surface area contributed by atoms with Crippen molar-refractivity contribution in [3.8, 4) is 0 Å². The average Bonchev–Trinajstić information content (AvgIpc) is 2.14. The van der Waals surface area contributed by atoms with Gasteiger partial charge < -0.3 is 9.84 Å². The Morgan fingerprint density at radius 2 is 2.21 bits per heavy atom. The molecule has 0 radical (unpaired) electrons. The Morgan fingerprint density at radius 3 is 2.79 bits per heavy atom. The van der Waals surface area contributed by atoms with Gasteiger partial charge in [0.25, 0.3) is 0 Å². The van der Waals surface area contributed by atoms with Crippen LogP contribution in [0.4, 0.5) is 0 Å². The van der Waals surface area contributed by atoms with Gasteiger partial charge in [0.05, 0.1) is 12.7 Å². The number of hydrogen-bond acceptors (Lipinski definition) is 3. The molecule has 0 aliphatic rings. The van der Waals surface area contributed by atoms with Crippen molar-refractivity contribution >= 4 is 5.97 Å². The second kappa shape index (κ2) is 8.75. The van der Waals surface area contributed by atoms with Crippen LogP contribution in [0.2, 0.25) is 0 Å². The van der Waals surface area contributed by atoms with E-state index in [0.717, 1.165) is 12.8 Å². The summed E-state index contributed by atoms with van der Waals surface area (Å²) >= 11 is 0. The number of carbonyl (C=O) groups excluding carboxylic acids is 1. The molecular formula is C11H20O3. The SMILES string of the molecule is CC/C=C\CCOC(=O)CCC(C)O. The molecule has 0 rings (SSSR count). The first-order chi connectivity index (χ1) is 6.66. The van der Waals surface area contributed by atoms with Gasteiger partial charge >= 0.3 is 5.97 Å². The van der Waals surface area contributed by atoms with Crippen molar-refractivity contribution in [1.82, 2.24) is 0 Å². The summed E-state index contributed by atoms with van der Waals surface area (Å²) in [7, 11) is 0. The molecule has 0 amide bonds. The van der Waals surface area contributed by atoms with Crippen molar-refractivity contribution in [3.05, 3.63) is 12.2 Å². The van der Waals surface area contributed by atoms with Crippen LogP contribution < -0.4 is 0 Å². The van der Waals surface area contributed by atoms with Crippen LogP contribution in [-0.2, 0) is 9.53 Å². The Hall–Kier alpha value is -0.830. The first kappa shape index (κ1) is 13.2. The van der Waals surface area contributed by atoms with E-state index in [0.29, 0.717) is 19.4 Å². The van der Waals surface area contributed by atoms with E-state index in [4.69, 9.17) is 9.84 Å². The molecule has 14 heavy (non-hydrogen) atoms. The summed E-state index contributed by atoms with van der Waals surface area (Å²) in [6.07, 6.45) is 6.18. The van der Waals surface area contributed by atoms with Crippen LogP contribution >= 0.6 is 0 Å². The zero-order chi connectivity index (χ0) is 10.8. The minimum Gasteiger partial charge on any atom is -0.465 e. The molecule has 0 aliphatic heterocycles. The van der Waals surface area contributed by atoms with E-state index in [2.05, 4.69) is 6.92 Å². The summed E-state index contributed by atoms with van der Waals surface area (Å²) < 4.78 is 4.94. The van der Waals surface area contributed by atoms with Crippen LogP contribution in [-0.4, -0.2) is 23.8 Å². The van der Waals surface area contributed by atoms with Gasteiger partial charge in [-0.2, -0.15) is 0 Å². The smallest absolute Gasteiger partial charge is 0.305 e. The molecule has 1 atom stereocenters. The lowest BCUT2D eigenvalue weighted by Gasteiger charge is -2.04. The molecule has 0 aromatic rings. The van der Waals surface area contributed by atoms with Gasteiger partial charge in [0, 0.05) is 6.42 Å². The van der Waals surface area contributed by atoms with Crippen LogP contribution in [0.1, 0.15) is 39.5 Å². The van der Waals surface area contributed by atoms with Crippen LogP contribution in [0.3, 0.4) is 0 Å². The first-order valence-corrected chi connectivity index (χ1v) is 5.15. The van der Waals surface area contributed by atoms with E-state index in [-0.39, 0.29) is 5.97 Å². The second-order valence-electron chi connectivity index (χ2n) is 3.28. The van der Waals surface area contributed by atoms with Gasteiger partial charge in [0.15, 0.2) is 0 Å². The van der Waals surface area contributed by atoms with E-state index in [1.165, 1.54) is 0 Å². The van der Waals surface area contributed by atoms with Gasteiger partial charge in [-0.15, -0.1) is 0 Å². The van der Waals surface area contributed by atoms with Gasteiger partial charge in [-0.25, -0.2) is 0 Å². The minimum atomic E-state index is -0.428. The first-order valence-electron chi connectivity index (χ1n) is 5.15. The highest BCUT2D eigenvalue weighted by molar-refractivity contribution is 5.69. The number of allylic oxidation sites excluding steroid dienone is 1. The summed E-state index contributed by atoms with van der Waals surface area (Å²) in [6, 6.07) is 0. The van der Waals surface area contributed by atoms with Crippen molar-refractivity contribution in [3.63, 3.8) is 0 Å². The molecule has 0 spiro atoms. The highest BCUT2D eigenvalue weighted by Crippen LogP contribution is 1.98. The lowest BCUT2D eigenvalue weighted by atomic mass is 10.2. The van der Waals surface area contributed by atoms with E-state index >= 15 is 0 Å². The zero-order valence-corrected chi connectivity index (χ0v) is 9.03. The molecule has 1 N–H and O–H groups in total. The third-order valence-corrected chi connectivity index (χ3v) is 1.72. The van der Waals surface area contributed by atoms with Crippen molar-refractivity contribution in [2.75, 3.05) is 6.61 Å². The standard InChI is InChI=1S/C11H20O3/c1-3-4-5-6-9-14-11(13)8-7-10(2)12/h4-5,10,12H,3,6-9H2,1-2H3/b5-4-. The highest BCUT2D eigenvalue weighted by Gasteiger charge is 2.04. The Kier molecular flexibility index (Phi) is 8.24. The third kappa shape index (κ3) is 9.26. The Labute approximate surface area is 85.8 Å². The Bertz CT molecular complexity index is 173. The molecule has 0 saturated carbocycles. The predicted molar refractivity (Wildman–Crippen MR) is 55.9 cm³/mol. The fourth-order valence-corrected chi connectivity index (χ4v) is 0.924. The number of hydrogen-bond donors (Lipinski definition) is 1. The van der Waals surface area contributed by atoms with Crippen LogP contribution in [0.5, 0.6) is 0 Å². The quantitative estimate of drug-likeness (QED) is 0.388. The van der Waals surface area contributed by atoms with Gasteiger partial charge in [-0.3, -0.25) is 4.79 Å². The Morgan fingerprint density at radius 1 is 1.50 bits per heavy atom. The molecule has 1 unspecified atom stereocenters. The molecule has 0 heterocycles. The van der Waals surface area contributed by atoms with Gasteiger partial charge in [0.2, 0.25) is 0 Å². The number of aliphatic hydroxyl groups is 1. The maximum Gasteiger partial charge on any atom is 0.305 e. The third-order valence-electron chi connectivity index (χ3n) is 1.72. The molecule has 3 heteroatoms. The van der Waals surface area contributed by atoms with Crippen molar-refractivity contribution in [1.29, 1.82) is 0 Å². The van der Waals surface area contributed by atoms with E-state index in [9.17, 15) is 4.79 Å². The number of esters is 1. The fourth-order valence-electron chi connectivity index (χ4n) is 0.924. The fraction of sp³-hybridized carbons (Fsp3) is 0.727. The van der Waals surface area contributed by atoms with Crippen LogP contribution in [0, 0.1) is 0 Å². The van der Waals surface area contributed by atoms with E-state index in [1.54, 1.807) is 6.92 Å². The molecule has 3 nitrogen and oxygen atoms in total. The highest BCUT2D eigenvalue weighted by atomic mass is 16.5. The molecule has 0 bridgehead atoms. The van der Waals surface area contributed by atoms with Gasteiger partial charge in [-0.05, 0) is 26.2 Å². The normalized spacial score (nSPS) is 13.1. The molecule has 0 aliphatic carbocycles. The molecule has 0 saturated heterocycles. The molecular weight excluding hydrogens is 180 g/mol. The second-order valence-corrected chi connectivity index (χ2v) is 3.28. The van der Waals surface area contributed by atoms with Crippen molar-refractivity contribution < 1.29 is 14.6 Å². The summed E-state index contributed by atoms with van der Waals surface area (Å²) in [5, 5.41) is 8.92. The topological polar surface area (TPSA) is 46.5 Å². The average molecular weight is 200 g/mol. The lowest BCUT2D eigenvalue weighted by Crippen LogP contribution is -2.09. The molecule has 82 valence electrons. The van der Waals surface area contributed by atoms with E-state index in [1.807, 2.05) is 12.2 Å². The largest absolute Gasteiger partial charge is 0.465 e. The minimum absolute atomic E-state index is 0.226. The number of ether oxygens (including phenoxy) is 1. The van der Waals surface area contributed by atoms with Gasteiger partial charge in [0.1, 0.15) is 0 Å². The molecule has 0 aromatic carbocycles. The number of carbonyl (C=O) groups is 1. The maximum atomic E-state index is 11.0. The number of rotatable bonds is 7. The van der Waals surface area contributed by atoms with Gasteiger partial charge in [-0.1, -0.05) is 19.1 Å². The van der Waals surface area contributed by atoms with Crippen LogP contribution in [0.25, 0.3) is 0 Å². The number of aliphatic hydroxyl groups excluding tert-OH is 1. The molecule has 0 fully saturated rings. The summed E-state index contributed by atoms with van der Waals surface area (Å²) in [6.45, 7) is 4.16. The van der Waals surface area contributed by atoms with Crippen molar-refractivity contribution in [2.24, 2.45) is 0 Å².